The molecule has 1 N–H and O–H groups in total. The molecule has 1 aliphatic heterocycles. The Kier molecular flexibility index (Phi) is 3.80. The van der Waals surface area contributed by atoms with Crippen molar-refractivity contribution in [3.05, 3.63) is 47.6 Å². The lowest BCUT2D eigenvalue weighted by atomic mass is 9.98. The summed E-state index contributed by atoms with van der Waals surface area (Å²) in [4.78, 5) is 4.55. The molecule has 5 heteroatoms. The predicted octanol–water partition coefficient (Wildman–Crippen LogP) is 2.13. The van der Waals surface area contributed by atoms with E-state index in [0.29, 0.717) is 23.6 Å². The molecule has 3 unspecified atom stereocenters. The molecule has 2 aromatic rings. The number of methoxy groups -OCH3 is 1. The Morgan fingerprint density at radius 3 is 2.75 bits per heavy atom. The van der Waals surface area contributed by atoms with Crippen LogP contribution in [-0.2, 0) is 4.74 Å². The normalized spacial score (nSPS) is 23.9. The molecule has 3 atom stereocenters. The van der Waals surface area contributed by atoms with E-state index in [1.54, 1.807) is 7.11 Å². The molecule has 1 aromatic carbocycles. The van der Waals surface area contributed by atoms with E-state index in [0.717, 1.165) is 18.7 Å². The Morgan fingerprint density at radius 1 is 1.30 bits per heavy atom. The van der Waals surface area contributed by atoms with Gasteiger partial charge in [-0.2, -0.15) is 4.98 Å². The average Bonchev–Trinajstić information content (AvgIpc) is 3.10. The van der Waals surface area contributed by atoms with E-state index in [-0.39, 0.29) is 6.10 Å². The van der Waals surface area contributed by atoms with Gasteiger partial charge in [-0.1, -0.05) is 42.4 Å². The summed E-state index contributed by atoms with van der Waals surface area (Å²) >= 11 is 0. The van der Waals surface area contributed by atoms with E-state index >= 15 is 0 Å². The summed E-state index contributed by atoms with van der Waals surface area (Å²) in [7, 11) is 1.66. The lowest BCUT2D eigenvalue weighted by molar-refractivity contribution is 0.126. The summed E-state index contributed by atoms with van der Waals surface area (Å²) in [5.74, 6) is 2.11. The summed E-state index contributed by atoms with van der Waals surface area (Å²) < 4.78 is 11.0. The number of nitrogens with zero attached hydrogens (tertiary/aromatic N) is 2. The van der Waals surface area contributed by atoms with Gasteiger partial charge in [0, 0.05) is 13.7 Å². The molecule has 0 saturated carbocycles. The summed E-state index contributed by atoms with van der Waals surface area (Å²) in [6.45, 7) is 4.08. The van der Waals surface area contributed by atoms with Crippen LogP contribution >= 0.6 is 0 Å². The molecule has 0 spiro atoms. The average molecular weight is 273 g/mol. The molecule has 3 rings (SSSR count). The van der Waals surface area contributed by atoms with Gasteiger partial charge in [0.2, 0.25) is 11.7 Å². The third-order valence-electron chi connectivity index (χ3n) is 3.86. The quantitative estimate of drug-likeness (QED) is 0.924. The van der Waals surface area contributed by atoms with Crippen LogP contribution in [0.4, 0.5) is 0 Å². The highest BCUT2D eigenvalue weighted by Crippen LogP contribution is 2.29. The molecule has 1 saturated heterocycles. The number of nitrogens with one attached hydrogen (secondary N) is 1. The van der Waals surface area contributed by atoms with Crippen LogP contribution < -0.4 is 5.32 Å². The Balaban J connectivity index is 1.85. The second-order valence-electron chi connectivity index (χ2n) is 5.26. The number of hydrogen-bond donors (Lipinski definition) is 1. The minimum absolute atomic E-state index is 0.279. The van der Waals surface area contributed by atoms with E-state index in [1.807, 2.05) is 30.3 Å². The van der Waals surface area contributed by atoms with Crippen molar-refractivity contribution >= 4 is 0 Å². The third kappa shape index (κ3) is 2.46. The van der Waals surface area contributed by atoms with Crippen LogP contribution in [0.15, 0.2) is 34.9 Å². The molecule has 5 nitrogen and oxygen atoms in total. The molecule has 0 bridgehead atoms. The van der Waals surface area contributed by atoms with E-state index in [4.69, 9.17) is 9.26 Å². The van der Waals surface area contributed by atoms with Crippen molar-refractivity contribution in [3.8, 4) is 0 Å². The number of hydrogen-bond acceptors (Lipinski definition) is 5. The maximum atomic E-state index is 5.52. The molecule has 1 aliphatic rings. The zero-order chi connectivity index (χ0) is 13.9. The van der Waals surface area contributed by atoms with Crippen LogP contribution in [0.25, 0.3) is 0 Å². The lowest BCUT2D eigenvalue weighted by Crippen LogP contribution is -2.09. The van der Waals surface area contributed by atoms with Crippen molar-refractivity contribution in [1.82, 2.24) is 15.5 Å². The molecule has 20 heavy (non-hydrogen) atoms. The van der Waals surface area contributed by atoms with Crippen molar-refractivity contribution < 1.29 is 9.26 Å². The van der Waals surface area contributed by atoms with E-state index in [2.05, 4.69) is 22.4 Å². The van der Waals surface area contributed by atoms with Crippen molar-refractivity contribution in [2.45, 2.75) is 18.9 Å². The van der Waals surface area contributed by atoms with Gasteiger partial charge in [0.25, 0.3) is 0 Å². The molecule has 2 heterocycles. The zero-order valence-corrected chi connectivity index (χ0v) is 11.7. The zero-order valence-electron chi connectivity index (χ0n) is 11.7. The van der Waals surface area contributed by atoms with E-state index < -0.39 is 0 Å². The molecular weight excluding hydrogens is 254 g/mol. The van der Waals surface area contributed by atoms with Crippen LogP contribution in [-0.4, -0.2) is 30.3 Å². The van der Waals surface area contributed by atoms with E-state index in [1.165, 1.54) is 0 Å². The van der Waals surface area contributed by atoms with Crippen LogP contribution in [0.3, 0.4) is 0 Å². The second-order valence-corrected chi connectivity index (χ2v) is 5.26. The minimum atomic E-state index is -0.279. The van der Waals surface area contributed by atoms with Gasteiger partial charge in [-0.05, 0) is 18.0 Å². The van der Waals surface area contributed by atoms with Gasteiger partial charge in [0.15, 0.2) is 0 Å². The van der Waals surface area contributed by atoms with Gasteiger partial charge in [-0.25, -0.2) is 0 Å². The molecule has 0 aliphatic carbocycles. The van der Waals surface area contributed by atoms with Gasteiger partial charge in [0.05, 0.1) is 5.92 Å². The second kappa shape index (κ2) is 5.73. The van der Waals surface area contributed by atoms with Crippen LogP contribution in [0, 0.1) is 5.92 Å². The van der Waals surface area contributed by atoms with E-state index in [9.17, 15) is 0 Å². The summed E-state index contributed by atoms with van der Waals surface area (Å²) in [5.41, 5.74) is 1.03. The molecule has 1 fully saturated rings. The van der Waals surface area contributed by atoms with Crippen LogP contribution in [0.2, 0.25) is 0 Å². The first kappa shape index (κ1) is 13.3. The maximum absolute atomic E-state index is 5.52. The van der Waals surface area contributed by atoms with Gasteiger partial charge >= 0.3 is 0 Å². The fourth-order valence-corrected chi connectivity index (χ4v) is 2.66. The highest BCUT2D eigenvalue weighted by molar-refractivity contribution is 5.22. The van der Waals surface area contributed by atoms with Crippen molar-refractivity contribution in [2.24, 2.45) is 5.92 Å². The predicted molar refractivity (Wildman–Crippen MR) is 74.4 cm³/mol. The molecule has 0 amide bonds. The van der Waals surface area contributed by atoms with Gasteiger partial charge in [-0.3, -0.25) is 0 Å². The van der Waals surface area contributed by atoms with Crippen molar-refractivity contribution in [3.63, 3.8) is 0 Å². The lowest BCUT2D eigenvalue weighted by Gasteiger charge is -2.11. The number of ether oxygens (including phenoxy) is 1. The number of rotatable bonds is 4. The molecule has 0 radical (unpaired) electrons. The van der Waals surface area contributed by atoms with Gasteiger partial charge in [0.1, 0.15) is 6.10 Å². The Labute approximate surface area is 118 Å². The first-order chi connectivity index (χ1) is 9.79. The summed E-state index contributed by atoms with van der Waals surface area (Å²) in [6, 6.07) is 9.94. The first-order valence-corrected chi connectivity index (χ1v) is 6.91. The monoisotopic (exact) mass is 273 g/mol. The Hall–Kier alpha value is -1.72. The van der Waals surface area contributed by atoms with Crippen molar-refractivity contribution in [2.75, 3.05) is 20.2 Å². The minimum Gasteiger partial charge on any atom is -0.369 e. The molecule has 1 aromatic heterocycles. The number of benzene rings is 1. The van der Waals surface area contributed by atoms with Crippen molar-refractivity contribution in [1.29, 1.82) is 0 Å². The maximum Gasteiger partial charge on any atom is 0.231 e. The fraction of sp³-hybridized carbons (Fsp3) is 0.467. The summed E-state index contributed by atoms with van der Waals surface area (Å²) in [6.07, 6.45) is -0.279. The van der Waals surface area contributed by atoms with Gasteiger partial charge < -0.3 is 14.6 Å². The Bertz CT molecular complexity index is 555. The SMILES string of the molecule is COC(c1ccccc1)c1noc(C2CNCC2C)n1. The van der Waals surface area contributed by atoms with Gasteiger partial charge in [-0.15, -0.1) is 0 Å². The summed E-state index contributed by atoms with van der Waals surface area (Å²) in [5, 5.41) is 7.45. The third-order valence-corrected chi connectivity index (χ3v) is 3.86. The standard InChI is InChI=1S/C15H19N3O2/c1-10-8-16-9-12(10)15-17-14(18-20-15)13(19-2)11-6-4-3-5-7-11/h3-7,10,12-13,16H,8-9H2,1-2H3. The highest BCUT2D eigenvalue weighted by Gasteiger charge is 2.31. The Morgan fingerprint density at radius 2 is 2.10 bits per heavy atom. The smallest absolute Gasteiger partial charge is 0.231 e. The topological polar surface area (TPSA) is 60.2 Å². The fourth-order valence-electron chi connectivity index (χ4n) is 2.66. The van der Waals surface area contributed by atoms with Crippen LogP contribution in [0.1, 0.15) is 36.2 Å². The van der Waals surface area contributed by atoms with Crippen LogP contribution in [0.5, 0.6) is 0 Å². The molecular formula is C15H19N3O2. The molecule has 106 valence electrons. The largest absolute Gasteiger partial charge is 0.369 e. The first-order valence-electron chi connectivity index (χ1n) is 6.91. The number of aromatic nitrogens is 2. The highest BCUT2D eigenvalue weighted by atomic mass is 16.5.